The van der Waals surface area contributed by atoms with Gasteiger partial charge >= 0.3 is 0 Å². The van der Waals surface area contributed by atoms with Gasteiger partial charge in [-0.25, -0.2) is 4.98 Å². The van der Waals surface area contributed by atoms with E-state index in [1.54, 1.807) is 0 Å². The van der Waals surface area contributed by atoms with E-state index in [0.717, 1.165) is 37.7 Å². The van der Waals surface area contributed by atoms with Crippen LogP contribution in [0.2, 0.25) is 0 Å². The normalized spacial score (nSPS) is 23.0. The van der Waals surface area contributed by atoms with Crippen LogP contribution in [0.25, 0.3) is 9.53 Å². The van der Waals surface area contributed by atoms with Crippen LogP contribution in [0.3, 0.4) is 0 Å². The predicted octanol–water partition coefficient (Wildman–Crippen LogP) is 12.7. The second kappa shape index (κ2) is 14.2. The van der Waals surface area contributed by atoms with Crippen LogP contribution in [0.5, 0.6) is 0 Å². The maximum atomic E-state index is 4.67. The summed E-state index contributed by atoms with van der Waals surface area (Å²) in [4.78, 5) is 8.05. The summed E-state index contributed by atoms with van der Waals surface area (Å²) in [6, 6.07) is 19.8. The average molecular weight is 613 g/mol. The fraction of sp³-hybridized carbons (Fsp3) is 0.514. The number of azo groups is 2. The molecule has 0 spiro atoms. The minimum atomic E-state index is 0.633. The van der Waals surface area contributed by atoms with E-state index in [-0.39, 0.29) is 0 Å². The SMILES string of the molecule is CCCCC1CCC(N(C)c2ccc(N=Nc3nc4sc(N=Nc5ccc(C6CCC(C)CC6)cc5)cc4s3)cc2)CC1. The fourth-order valence-corrected chi connectivity index (χ4v) is 8.55. The zero-order valence-corrected chi connectivity index (χ0v) is 27.4. The van der Waals surface area contributed by atoms with Crippen molar-refractivity contribution in [2.24, 2.45) is 32.3 Å². The van der Waals surface area contributed by atoms with Crippen molar-refractivity contribution in [3.8, 4) is 0 Å². The van der Waals surface area contributed by atoms with E-state index in [1.165, 1.54) is 105 Å². The molecule has 226 valence electrons. The summed E-state index contributed by atoms with van der Waals surface area (Å²) in [5.74, 6) is 2.50. The van der Waals surface area contributed by atoms with Crippen molar-refractivity contribution in [1.29, 1.82) is 0 Å². The molecule has 8 heteroatoms. The van der Waals surface area contributed by atoms with Crippen molar-refractivity contribution < 1.29 is 0 Å². The van der Waals surface area contributed by atoms with Gasteiger partial charge in [0, 0.05) is 18.8 Å². The summed E-state index contributed by atoms with van der Waals surface area (Å²) in [6.07, 6.45) is 14.7. The first-order valence-electron chi connectivity index (χ1n) is 16.2. The molecule has 43 heavy (non-hydrogen) atoms. The Bertz CT molecular complexity index is 1470. The smallest absolute Gasteiger partial charge is 0.231 e. The van der Waals surface area contributed by atoms with Crippen molar-refractivity contribution >= 4 is 59.4 Å². The van der Waals surface area contributed by atoms with Gasteiger partial charge in [0.1, 0.15) is 9.83 Å². The van der Waals surface area contributed by atoms with E-state index in [0.29, 0.717) is 17.1 Å². The molecule has 4 aromatic rings. The number of anilines is 1. The Hall–Kier alpha value is -2.97. The van der Waals surface area contributed by atoms with Gasteiger partial charge in [-0.2, -0.15) is 0 Å². The van der Waals surface area contributed by atoms with Crippen LogP contribution in [0.4, 0.5) is 27.2 Å². The highest BCUT2D eigenvalue weighted by atomic mass is 32.1. The van der Waals surface area contributed by atoms with E-state index >= 15 is 0 Å². The second-order valence-electron chi connectivity index (χ2n) is 12.6. The Morgan fingerprint density at radius 3 is 2.14 bits per heavy atom. The van der Waals surface area contributed by atoms with Gasteiger partial charge in [-0.05, 0) is 104 Å². The molecule has 6 nitrogen and oxygen atoms in total. The van der Waals surface area contributed by atoms with Crippen LogP contribution in [0, 0.1) is 11.8 Å². The van der Waals surface area contributed by atoms with E-state index in [9.17, 15) is 0 Å². The Morgan fingerprint density at radius 2 is 1.47 bits per heavy atom. The number of thiophene rings is 1. The molecule has 2 aromatic heterocycles. The highest BCUT2D eigenvalue weighted by Crippen LogP contribution is 2.40. The minimum absolute atomic E-state index is 0.633. The van der Waals surface area contributed by atoms with E-state index in [4.69, 9.17) is 0 Å². The molecule has 0 aliphatic heterocycles. The van der Waals surface area contributed by atoms with Crippen molar-refractivity contribution in [1.82, 2.24) is 4.98 Å². The third-order valence-corrected chi connectivity index (χ3v) is 11.5. The number of unbranched alkanes of at least 4 members (excludes halogenated alkanes) is 1. The number of aromatic nitrogens is 1. The molecule has 2 saturated carbocycles. The largest absolute Gasteiger partial charge is 0.372 e. The third-order valence-electron chi connectivity index (χ3n) is 9.55. The molecule has 0 bridgehead atoms. The maximum absolute atomic E-state index is 4.67. The van der Waals surface area contributed by atoms with E-state index < -0.39 is 0 Å². The van der Waals surface area contributed by atoms with Gasteiger partial charge in [0.25, 0.3) is 0 Å². The number of fused-ring (bicyclic) bond motifs is 1. The molecule has 2 aliphatic carbocycles. The fourth-order valence-electron chi connectivity index (χ4n) is 6.70. The minimum Gasteiger partial charge on any atom is -0.372 e. The molecule has 2 fully saturated rings. The molecule has 0 atom stereocenters. The van der Waals surface area contributed by atoms with Gasteiger partial charge in [-0.1, -0.05) is 80.8 Å². The number of nitrogens with zero attached hydrogens (tertiary/aromatic N) is 6. The molecular formula is C35H44N6S2. The van der Waals surface area contributed by atoms with Crippen LogP contribution in [-0.2, 0) is 0 Å². The number of benzene rings is 2. The van der Waals surface area contributed by atoms with E-state index in [1.807, 2.05) is 6.07 Å². The molecule has 2 aromatic carbocycles. The first-order chi connectivity index (χ1) is 21.0. The molecular weight excluding hydrogens is 569 g/mol. The molecule has 0 unspecified atom stereocenters. The van der Waals surface area contributed by atoms with Crippen LogP contribution >= 0.6 is 22.7 Å². The molecule has 6 rings (SSSR count). The maximum Gasteiger partial charge on any atom is 0.231 e. The zero-order chi connectivity index (χ0) is 29.6. The quantitative estimate of drug-likeness (QED) is 0.167. The molecule has 0 radical (unpaired) electrons. The lowest BCUT2D eigenvalue weighted by molar-refractivity contribution is 0.300. The van der Waals surface area contributed by atoms with Crippen molar-refractivity contribution in [3.05, 3.63) is 60.2 Å². The number of rotatable bonds is 10. The first kappa shape index (κ1) is 30.1. The lowest BCUT2D eigenvalue weighted by atomic mass is 9.79. The number of hydrogen-bond donors (Lipinski definition) is 0. The van der Waals surface area contributed by atoms with Gasteiger partial charge in [-0.15, -0.1) is 20.5 Å². The van der Waals surface area contributed by atoms with Gasteiger partial charge < -0.3 is 4.90 Å². The van der Waals surface area contributed by atoms with Gasteiger partial charge in [0.2, 0.25) is 5.13 Å². The summed E-state index contributed by atoms with van der Waals surface area (Å²) in [5, 5.41) is 19.4. The Labute approximate surface area is 264 Å². The monoisotopic (exact) mass is 612 g/mol. The van der Waals surface area contributed by atoms with Crippen molar-refractivity contribution in [3.63, 3.8) is 0 Å². The average Bonchev–Trinajstić information content (AvgIpc) is 3.61. The molecule has 0 saturated heterocycles. The zero-order valence-electron chi connectivity index (χ0n) is 25.8. The predicted molar refractivity (Wildman–Crippen MR) is 183 cm³/mol. The highest BCUT2D eigenvalue weighted by molar-refractivity contribution is 7.30. The van der Waals surface area contributed by atoms with Gasteiger partial charge in [0.05, 0.1) is 16.1 Å². The topological polar surface area (TPSA) is 65.6 Å². The Morgan fingerprint density at radius 1 is 0.791 bits per heavy atom. The Kier molecular flexibility index (Phi) is 9.94. The summed E-state index contributed by atoms with van der Waals surface area (Å²) in [7, 11) is 2.23. The van der Waals surface area contributed by atoms with Gasteiger partial charge in [0.15, 0.2) is 0 Å². The summed E-state index contributed by atoms with van der Waals surface area (Å²) in [6.45, 7) is 4.66. The summed E-state index contributed by atoms with van der Waals surface area (Å²) < 4.78 is 1.07. The van der Waals surface area contributed by atoms with Gasteiger partial charge in [-0.3, -0.25) is 0 Å². The molecule has 2 heterocycles. The van der Waals surface area contributed by atoms with Crippen molar-refractivity contribution in [2.75, 3.05) is 11.9 Å². The third kappa shape index (κ3) is 7.76. The van der Waals surface area contributed by atoms with Crippen molar-refractivity contribution in [2.45, 2.75) is 96.4 Å². The summed E-state index contributed by atoms with van der Waals surface area (Å²) >= 11 is 3.08. The van der Waals surface area contributed by atoms with Crippen LogP contribution in [0.15, 0.2) is 75.1 Å². The van der Waals surface area contributed by atoms with Crippen LogP contribution in [0.1, 0.15) is 96.0 Å². The second-order valence-corrected chi connectivity index (χ2v) is 14.7. The van der Waals surface area contributed by atoms with Crippen LogP contribution < -0.4 is 4.90 Å². The summed E-state index contributed by atoms with van der Waals surface area (Å²) in [5.41, 5.74) is 4.42. The highest BCUT2D eigenvalue weighted by Gasteiger charge is 2.24. The molecule has 0 N–H and O–H groups in total. The van der Waals surface area contributed by atoms with E-state index in [2.05, 4.69) is 99.8 Å². The Balaban J connectivity index is 1.01. The van der Waals surface area contributed by atoms with Crippen LogP contribution in [-0.4, -0.2) is 18.1 Å². The lowest BCUT2D eigenvalue weighted by Gasteiger charge is -2.36. The number of thiazole rings is 1. The lowest BCUT2D eigenvalue weighted by Crippen LogP contribution is -2.35. The molecule has 0 amide bonds. The molecule has 2 aliphatic rings. The first-order valence-corrected chi connectivity index (χ1v) is 17.8. The standard InChI is InChI=1S/C35H44N6S2/c1-4-5-6-25-9-19-30(20-10-25)41(3)31-21-17-29(18-22-31)38-40-35-36-34-32(42-35)23-33(43-34)39-37-28-15-13-27(14-16-28)26-11-7-24(2)8-12-26/h13-18,21-26,30H,4-12,19-20H2,1-3H3. The number of hydrogen-bond acceptors (Lipinski definition) is 8.